The van der Waals surface area contributed by atoms with E-state index >= 15 is 0 Å². The molecule has 0 bridgehead atoms. The van der Waals surface area contributed by atoms with Crippen molar-refractivity contribution in [2.24, 2.45) is 0 Å². The second-order valence-corrected chi connectivity index (χ2v) is 5.35. The van der Waals surface area contributed by atoms with Crippen molar-refractivity contribution >= 4 is 21.7 Å². The average Bonchev–Trinajstić information content (AvgIpc) is 2.48. The van der Waals surface area contributed by atoms with Crippen LogP contribution in [-0.4, -0.2) is 17.0 Å². The molecule has 104 valence electrons. The number of hydrogen-bond donors (Lipinski definition) is 1. The molecule has 0 aliphatic rings. The summed E-state index contributed by atoms with van der Waals surface area (Å²) in [6, 6.07) is 14.2. The maximum Gasteiger partial charge on any atom is 0.202 e. The Bertz CT molecular complexity index is 576. The van der Waals surface area contributed by atoms with Gasteiger partial charge in [0, 0.05) is 10.0 Å². The molecule has 0 aliphatic carbocycles. The van der Waals surface area contributed by atoms with Gasteiger partial charge in [-0.3, -0.25) is 4.79 Å². The molecule has 0 saturated heterocycles. The minimum Gasteiger partial charge on any atom is -0.483 e. The molecule has 0 radical (unpaired) electrons. The second-order valence-electron chi connectivity index (χ2n) is 4.43. The van der Waals surface area contributed by atoms with Gasteiger partial charge in [0.1, 0.15) is 5.75 Å². The summed E-state index contributed by atoms with van der Waals surface area (Å²) in [5.41, 5.74) is 1.43. The van der Waals surface area contributed by atoms with Gasteiger partial charge in [-0.2, -0.15) is 0 Å². The van der Waals surface area contributed by atoms with Gasteiger partial charge in [-0.1, -0.05) is 40.2 Å². The highest BCUT2D eigenvalue weighted by atomic mass is 79.9. The monoisotopic (exact) mass is 334 g/mol. The van der Waals surface area contributed by atoms with Gasteiger partial charge >= 0.3 is 0 Å². The lowest BCUT2D eigenvalue weighted by Gasteiger charge is -2.14. The van der Waals surface area contributed by atoms with Gasteiger partial charge in [0.2, 0.25) is 5.78 Å². The SMILES string of the molecule is CC(Oc1ccc(CO)cc1)C(=O)c1ccc(Br)cc1. The van der Waals surface area contributed by atoms with E-state index in [4.69, 9.17) is 9.84 Å². The number of Topliss-reactive ketones (excluding diaryl/α,β-unsaturated/α-hetero) is 1. The van der Waals surface area contributed by atoms with Crippen molar-refractivity contribution in [1.29, 1.82) is 0 Å². The molecule has 1 unspecified atom stereocenters. The van der Waals surface area contributed by atoms with Crippen molar-refractivity contribution in [2.75, 3.05) is 0 Å². The fraction of sp³-hybridized carbons (Fsp3) is 0.188. The minimum atomic E-state index is -0.559. The van der Waals surface area contributed by atoms with Crippen LogP contribution < -0.4 is 4.74 Å². The van der Waals surface area contributed by atoms with Crippen molar-refractivity contribution in [3.63, 3.8) is 0 Å². The van der Waals surface area contributed by atoms with Crippen LogP contribution >= 0.6 is 15.9 Å². The Morgan fingerprint density at radius 1 is 1.15 bits per heavy atom. The Morgan fingerprint density at radius 3 is 2.30 bits per heavy atom. The van der Waals surface area contributed by atoms with Gasteiger partial charge in [0.25, 0.3) is 0 Å². The number of rotatable bonds is 5. The molecular weight excluding hydrogens is 320 g/mol. The Hall–Kier alpha value is -1.65. The number of hydrogen-bond acceptors (Lipinski definition) is 3. The second kappa shape index (κ2) is 6.68. The maximum absolute atomic E-state index is 12.2. The van der Waals surface area contributed by atoms with Crippen LogP contribution in [-0.2, 0) is 6.61 Å². The summed E-state index contributed by atoms with van der Waals surface area (Å²) in [5.74, 6) is 0.545. The molecule has 0 heterocycles. The number of aliphatic hydroxyl groups is 1. The van der Waals surface area contributed by atoms with E-state index in [1.54, 1.807) is 43.3 Å². The lowest BCUT2D eigenvalue weighted by atomic mass is 10.1. The standard InChI is InChI=1S/C16H15BrO3/c1-11(16(19)13-4-6-14(17)7-5-13)20-15-8-2-12(10-18)3-9-15/h2-9,11,18H,10H2,1H3. The van der Waals surface area contributed by atoms with Crippen LogP contribution in [0.5, 0.6) is 5.75 Å². The summed E-state index contributed by atoms with van der Waals surface area (Å²) < 4.78 is 6.55. The fourth-order valence-corrected chi connectivity index (χ4v) is 2.04. The molecule has 0 aliphatic heterocycles. The zero-order valence-electron chi connectivity index (χ0n) is 11.0. The normalized spacial score (nSPS) is 11.9. The number of ether oxygens (including phenoxy) is 1. The minimum absolute atomic E-state index is 0.00629. The first-order chi connectivity index (χ1) is 9.60. The number of aliphatic hydroxyl groups excluding tert-OH is 1. The average molecular weight is 335 g/mol. The Morgan fingerprint density at radius 2 is 1.75 bits per heavy atom. The number of carbonyl (C=O) groups is 1. The molecule has 0 amide bonds. The highest BCUT2D eigenvalue weighted by Crippen LogP contribution is 2.17. The van der Waals surface area contributed by atoms with E-state index in [0.717, 1.165) is 10.0 Å². The molecule has 0 fully saturated rings. The summed E-state index contributed by atoms with van der Waals surface area (Å²) in [6.45, 7) is 1.72. The molecule has 4 heteroatoms. The summed E-state index contributed by atoms with van der Waals surface area (Å²) in [5, 5.41) is 8.97. The van der Waals surface area contributed by atoms with E-state index in [0.29, 0.717) is 11.3 Å². The van der Waals surface area contributed by atoms with E-state index < -0.39 is 6.10 Å². The van der Waals surface area contributed by atoms with Gasteiger partial charge in [-0.05, 0) is 36.8 Å². The van der Waals surface area contributed by atoms with Crippen molar-refractivity contribution < 1.29 is 14.6 Å². The van der Waals surface area contributed by atoms with Crippen molar-refractivity contribution in [1.82, 2.24) is 0 Å². The molecule has 1 atom stereocenters. The maximum atomic E-state index is 12.2. The molecule has 0 spiro atoms. The lowest BCUT2D eigenvalue weighted by Crippen LogP contribution is -2.23. The van der Waals surface area contributed by atoms with Crippen LogP contribution in [0, 0.1) is 0 Å². The van der Waals surface area contributed by atoms with Crippen molar-refractivity contribution in [3.05, 3.63) is 64.1 Å². The molecule has 3 nitrogen and oxygen atoms in total. The summed E-state index contributed by atoms with van der Waals surface area (Å²) >= 11 is 3.34. The van der Waals surface area contributed by atoms with Gasteiger partial charge in [0.15, 0.2) is 6.10 Å². The first kappa shape index (κ1) is 14.8. The van der Waals surface area contributed by atoms with E-state index in [1.165, 1.54) is 0 Å². The Kier molecular flexibility index (Phi) is 4.93. The van der Waals surface area contributed by atoms with E-state index in [2.05, 4.69) is 15.9 Å². The van der Waals surface area contributed by atoms with Gasteiger partial charge < -0.3 is 9.84 Å². The summed E-state index contributed by atoms with van der Waals surface area (Å²) in [4.78, 5) is 12.2. The first-order valence-corrected chi connectivity index (χ1v) is 7.05. The third-order valence-corrected chi connectivity index (χ3v) is 3.45. The summed E-state index contributed by atoms with van der Waals surface area (Å²) in [7, 11) is 0. The molecule has 0 aromatic heterocycles. The number of carbonyl (C=O) groups excluding carboxylic acids is 1. The van der Waals surface area contributed by atoms with Crippen LogP contribution in [0.25, 0.3) is 0 Å². The van der Waals surface area contributed by atoms with Gasteiger partial charge in [-0.15, -0.1) is 0 Å². The third-order valence-electron chi connectivity index (χ3n) is 2.92. The number of benzene rings is 2. The van der Waals surface area contributed by atoms with E-state index in [9.17, 15) is 4.79 Å². The smallest absolute Gasteiger partial charge is 0.202 e. The highest BCUT2D eigenvalue weighted by Gasteiger charge is 2.16. The van der Waals surface area contributed by atoms with Gasteiger partial charge in [0.05, 0.1) is 6.61 Å². The Labute approximate surface area is 126 Å². The fourth-order valence-electron chi connectivity index (χ4n) is 1.78. The molecule has 2 rings (SSSR count). The van der Waals surface area contributed by atoms with Crippen LogP contribution in [0.4, 0.5) is 0 Å². The zero-order valence-corrected chi connectivity index (χ0v) is 12.6. The number of halogens is 1. The van der Waals surface area contributed by atoms with Crippen molar-refractivity contribution in [2.45, 2.75) is 19.6 Å². The predicted octanol–water partition coefficient (Wildman–Crippen LogP) is 3.59. The van der Waals surface area contributed by atoms with Crippen LogP contribution in [0.3, 0.4) is 0 Å². The third kappa shape index (κ3) is 3.68. The predicted molar refractivity (Wildman–Crippen MR) is 80.9 cm³/mol. The van der Waals surface area contributed by atoms with Gasteiger partial charge in [-0.25, -0.2) is 0 Å². The molecule has 20 heavy (non-hydrogen) atoms. The molecular formula is C16H15BrO3. The zero-order chi connectivity index (χ0) is 14.5. The van der Waals surface area contributed by atoms with Crippen molar-refractivity contribution in [3.8, 4) is 5.75 Å². The van der Waals surface area contributed by atoms with E-state index in [-0.39, 0.29) is 12.4 Å². The lowest BCUT2D eigenvalue weighted by molar-refractivity contribution is 0.0818. The topological polar surface area (TPSA) is 46.5 Å². The molecule has 1 N–H and O–H groups in total. The van der Waals surface area contributed by atoms with E-state index in [1.807, 2.05) is 12.1 Å². The summed E-state index contributed by atoms with van der Waals surface area (Å²) in [6.07, 6.45) is -0.559. The molecule has 2 aromatic carbocycles. The number of ketones is 1. The van der Waals surface area contributed by atoms with Crippen LogP contribution in [0.15, 0.2) is 53.0 Å². The highest BCUT2D eigenvalue weighted by molar-refractivity contribution is 9.10. The Balaban J connectivity index is 2.04. The van der Waals surface area contributed by atoms with Crippen LogP contribution in [0.1, 0.15) is 22.8 Å². The largest absolute Gasteiger partial charge is 0.483 e. The quantitative estimate of drug-likeness (QED) is 0.850. The first-order valence-electron chi connectivity index (χ1n) is 6.26. The van der Waals surface area contributed by atoms with Crippen LogP contribution in [0.2, 0.25) is 0 Å². The molecule has 2 aromatic rings. The molecule has 0 saturated carbocycles.